The third-order valence-corrected chi connectivity index (χ3v) is 5.89. The Labute approximate surface area is 188 Å². The summed E-state index contributed by atoms with van der Waals surface area (Å²) >= 11 is 0. The van der Waals surface area contributed by atoms with Crippen LogP contribution in [0.4, 0.5) is 0 Å². The Bertz CT molecular complexity index is 990. The zero-order valence-electron chi connectivity index (χ0n) is 17.9. The molecule has 164 valence electrons. The van der Waals surface area contributed by atoms with Crippen molar-refractivity contribution in [1.29, 1.82) is 0 Å². The van der Waals surface area contributed by atoms with Crippen LogP contribution < -0.4 is 16.4 Å². The van der Waals surface area contributed by atoms with E-state index in [0.717, 1.165) is 17.5 Å². The molecule has 1 saturated heterocycles. The highest BCUT2D eigenvalue weighted by Crippen LogP contribution is 2.23. The van der Waals surface area contributed by atoms with Crippen molar-refractivity contribution >= 4 is 18.2 Å². The smallest absolute Gasteiger partial charge is 0.253 e. The zero-order valence-corrected chi connectivity index (χ0v) is 17.9. The predicted octanol–water partition coefficient (Wildman–Crippen LogP) is 2.14. The number of hydrogen-bond donors (Lipinski definition) is 3. The highest BCUT2D eigenvalue weighted by Gasteiger charge is 2.37. The molecule has 2 aromatic rings. The number of likely N-dealkylation sites (tertiary alicyclic amines) is 1. The first kappa shape index (κ1) is 21.7. The first-order chi connectivity index (χ1) is 15.6. The van der Waals surface area contributed by atoms with Gasteiger partial charge in [0, 0.05) is 6.54 Å². The molecular formula is C25H28N5O2+. The van der Waals surface area contributed by atoms with Gasteiger partial charge in [-0.05, 0) is 35.4 Å². The molecule has 2 aliphatic rings. The molecule has 2 heterocycles. The first-order valence-corrected chi connectivity index (χ1v) is 11.0. The summed E-state index contributed by atoms with van der Waals surface area (Å²) in [5.74, 6) is -0.356. The normalized spacial score (nSPS) is 19.0. The predicted molar refractivity (Wildman–Crippen MR) is 123 cm³/mol. The molecule has 0 unspecified atom stereocenters. The number of rotatable bonds is 8. The number of carbonyl (C=O) groups excluding carboxylic acids is 2. The van der Waals surface area contributed by atoms with Gasteiger partial charge >= 0.3 is 0 Å². The van der Waals surface area contributed by atoms with Gasteiger partial charge < -0.3 is 16.0 Å². The van der Waals surface area contributed by atoms with Crippen molar-refractivity contribution in [1.82, 2.24) is 15.5 Å². The maximum atomic E-state index is 13.3. The second-order valence-electron chi connectivity index (χ2n) is 8.17. The van der Waals surface area contributed by atoms with Crippen LogP contribution in [0.2, 0.25) is 0 Å². The quantitative estimate of drug-likeness (QED) is 0.559. The van der Waals surface area contributed by atoms with Gasteiger partial charge in [0.2, 0.25) is 17.5 Å². The van der Waals surface area contributed by atoms with Crippen LogP contribution in [0.15, 0.2) is 77.6 Å². The fourth-order valence-electron chi connectivity index (χ4n) is 4.24. The van der Waals surface area contributed by atoms with E-state index in [0.29, 0.717) is 31.5 Å². The van der Waals surface area contributed by atoms with Gasteiger partial charge in [0.05, 0.1) is 12.5 Å². The van der Waals surface area contributed by atoms with E-state index in [1.54, 1.807) is 11.1 Å². The maximum absolute atomic E-state index is 13.3. The van der Waals surface area contributed by atoms with E-state index in [1.165, 1.54) is 0 Å². The summed E-state index contributed by atoms with van der Waals surface area (Å²) in [6.07, 6.45) is 6.68. The summed E-state index contributed by atoms with van der Waals surface area (Å²) in [6, 6.07) is 18.6. The molecule has 0 bridgehead atoms. The lowest BCUT2D eigenvalue weighted by atomic mass is 9.98. The summed E-state index contributed by atoms with van der Waals surface area (Å²) < 4.78 is 0. The summed E-state index contributed by atoms with van der Waals surface area (Å²) in [5.41, 5.74) is 9.01. The molecule has 0 aliphatic carbocycles. The summed E-state index contributed by atoms with van der Waals surface area (Å²) in [7, 11) is 0. The molecule has 32 heavy (non-hydrogen) atoms. The second-order valence-corrected chi connectivity index (χ2v) is 8.17. The van der Waals surface area contributed by atoms with Gasteiger partial charge in [-0.3, -0.25) is 9.59 Å². The van der Waals surface area contributed by atoms with E-state index in [1.807, 2.05) is 48.5 Å². The molecule has 2 aromatic carbocycles. The van der Waals surface area contributed by atoms with Gasteiger partial charge in [0.1, 0.15) is 12.1 Å². The van der Waals surface area contributed by atoms with Crippen LogP contribution in [0, 0.1) is 0 Å². The molecule has 2 amide bonds. The molecule has 2 aliphatic heterocycles. The Hall–Kier alpha value is -3.54. The maximum Gasteiger partial charge on any atom is 0.253 e. The number of hydrogen-bond acceptors (Lipinski definition) is 5. The fraction of sp³-hybridized carbons (Fsp3) is 0.320. The van der Waals surface area contributed by atoms with Crippen LogP contribution in [-0.4, -0.2) is 41.7 Å². The lowest BCUT2D eigenvalue weighted by molar-refractivity contribution is -0.139. The van der Waals surface area contributed by atoms with Crippen LogP contribution in [0.3, 0.4) is 0 Å². The molecule has 4 rings (SSSR count). The van der Waals surface area contributed by atoms with Crippen LogP contribution in [0.25, 0.3) is 0 Å². The highest BCUT2D eigenvalue weighted by atomic mass is 16.2. The van der Waals surface area contributed by atoms with Crippen LogP contribution >= 0.6 is 0 Å². The molecule has 0 radical (unpaired) electrons. The van der Waals surface area contributed by atoms with E-state index in [4.69, 9.17) is 5.73 Å². The van der Waals surface area contributed by atoms with Crippen molar-refractivity contribution in [3.63, 3.8) is 0 Å². The standard InChI is InChI=1S/C25H27N5O2/c26-21(15-20-16-27-17-28-20)25(32)30-13-7-12-23(30)24(31)29-22(19-10-5-2-6-11-19)14-18-8-3-1-4-9-18/h1-6,8-11,16,21-23H,7,12-15,26H2,(H-,27,28,29,31)/p+1/t21-,22-,23-/m0/s1. The number of aliphatic imine (C=N–C) groups is 1. The van der Waals surface area contributed by atoms with E-state index >= 15 is 0 Å². The molecule has 0 saturated carbocycles. The Balaban J connectivity index is 1.45. The lowest BCUT2D eigenvalue weighted by Gasteiger charge is -2.28. The average Bonchev–Trinajstić information content (AvgIpc) is 3.51. The Morgan fingerprint density at radius 3 is 2.53 bits per heavy atom. The minimum absolute atomic E-state index is 0.138. The highest BCUT2D eigenvalue weighted by molar-refractivity contribution is 5.90. The molecule has 7 heteroatoms. The molecule has 0 aromatic heterocycles. The molecule has 7 nitrogen and oxygen atoms in total. The Kier molecular flexibility index (Phi) is 6.90. The average molecular weight is 431 g/mol. The van der Waals surface area contributed by atoms with Crippen molar-refractivity contribution in [2.24, 2.45) is 10.7 Å². The summed E-state index contributed by atoms with van der Waals surface area (Å²) in [4.78, 5) is 32.0. The van der Waals surface area contributed by atoms with E-state index in [-0.39, 0.29) is 17.9 Å². The van der Waals surface area contributed by atoms with Crippen molar-refractivity contribution in [2.75, 3.05) is 6.54 Å². The van der Waals surface area contributed by atoms with Gasteiger partial charge in [0.25, 0.3) is 6.34 Å². The van der Waals surface area contributed by atoms with Gasteiger partial charge in [-0.15, -0.1) is 0 Å². The largest absolute Gasteiger partial charge is 0.347 e. The third-order valence-electron chi connectivity index (χ3n) is 5.89. The van der Waals surface area contributed by atoms with Crippen LogP contribution in [0.1, 0.15) is 36.4 Å². The summed E-state index contributed by atoms with van der Waals surface area (Å²) in [5, 5.41) is 5.94. The number of nitrogens with two attached hydrogens (primary N) is 1. The monoisotopic (exact) mass is 430 g/mol. The van der Waals surface area contributed by atoms with Gasteiger partial charge in [-0.2, -0.15) is 5.32 Å². The number of nitrogens with zero attached hydrogens (tertiary/aromatic N) is 2. The van der Waals surface area contributed by atoms with Gasteiger partial charge in [-0.25, -0.2) is 0 Å². The number of nitrogens with one attached hydrogen (secondary N) is 2. The van der Waals surface area contributed by atoms with Gasteiger partial charge in [-0.1, -0.05) is 60.7 Å². The Morgan fingerprint density at radius 2 is 1.84 bits per heavy atom. The minimum atomic E-state index is -0.741. The zero-order chi connectivity index (χ0) is 22.3. The number of carbonyl (C=O) groups is 2. The molecule has 0 spiro atoms. The minimum Gasteiger partial charge on any atom is -0.347 e. The number of benzene rings is 2. The number of amides is 2. The first-order valence-electron chi connectivity index (χ1n) is 11.0. The molecule has 4 N–H and O–H groups in total. The molecule has 1 fully saturated rings. The topological polar surface area (TPSA) is 99.8 Å². The van der Waals surface area contributed by atoms with E-state index < -0.39 is 12.1 Å². The SMILES string of the molecule is N[C@@H](CC1=CN[C+]=N1)C(=O)N1CCC[C@H]1C(=O)N[C@@H](Cc1ccccc1)c1ccccc1. The molecular weight excluding hydrogens is 402 g/mol. The van der Waals surface area contributed by atoms with Crippen LogP contribution in [-0.2, 0) is 16.0 Å². The fourth-order valence-corrected chi connectivity index (χ4v) is 4.24. The van der Waals surface area contributed by atoms with Gasteiger partial charge in [0.15, 0.2) is 6.20 Å². The second kappa shape index (κ2) is 10.2. The molecule has 3 atom stereocenters. The van der Waals surface area contributed by atoms with E-state index in [9.17, 15) is 9.59 Å². The van der Waals surface area contributed by atoms with Crippen molar-refractivity contribution in [2.45, 2.75) is 43.8 Å². The van der Waals surface area contributed by atoms with E-state index in [2.05, 4.69) is 34.1 Å². The van der Waals surface area contributed by atoms with Crippen LogP contribution in [0.5, 0.6) is 0 Å². The summed E-state index contributed by atoms with van der Waals surface area (Å²) in [6.45, 7) is 0.534. The van der Waals surface area contributed by atoms with Crippen molar-refractivity contribution in [3.05, 3.63) is 83.7 Å². The van der Waals surface area contributed by atoms with Crippen molar-refractivity contribution < 1.29 is 9.59 Å². The lowest BCUT2D eigenvalue weighted by Crippen LogP contribution is -2.51. The van der Waals surface area contributed by atoms with Crippen molar-refractivity contribution in [3.8, 4) is 0 Å². The third kappa shape index (κ3) is 5.19. The Morgan fingerprint density at radius 1 is 1.12 bits per heavy atom.